The van der Waals surface area contributed by atoms with E-state index in [1.54, 1.807) is 32.9 Å². The van der Waals surface area contributed by atoms with Gasteiger partial charge in [0.2, 0.25) is 0 Å². The van der Waals surface area contributed by atoms with Crippen LogP contribution in [0.1, 0.15) is 33.0 Å². The number of hydrogen-bond donors (Lipinski definition) is 1. The van der Waals surface area contributed by atoms with Crippen molar-refractivity contribution in [3.8, 4) is 12.1 Å². The minimum atomic E-state index is -0.986. The third-order valence-electron chi connectivity index (χ3n) is 2.59. The fraction of sp³-hybridized carbons (Fsp3) is 0.500. The smallest absolute Gasteiger partial charge is 0.407 e. The molecule has 0 spiro atoms. The van der Waals surface area contributed by atoms with E-state index in [0.717, 1.165) is 0 Å². The van der Waals surface area contributed by atoms with Crippen molar-refractivity contribution in [3.05, 3.63) is 24.2 Å². The van der Waals surface area contributed by atoms with E-state index in [9.17, 15) is 4.79 Å². The molecule has 7 heteroatoms. The largest absolute Gasteiger partial charge is 0.463 e. The molecule has 0 aliphatic rings. The Morgan fingerprint density at radius 3 is 2.65 bits per heavy atom. The number of rotatable bonds is 6. The van der Waals surface area contributed by atoms with Crippen LogP contribution >= 0.6 is 0 Å². The van der Waals surface area contributed by atoms with Gasteiger partial charge in [0, 0.05) is 13.1 Å². The van der Waals surface area contributed by atoms with Crippen LogP contribution in [0.25, 0.3) is 0 Å². The molecule has 23 heavy (non-hydrogen) atoms. The summed E-state index contributed by atoms with van der Waals surface area (Å²) in [6.07, 6.45) is 1.52. The molecule has 0 atom stereocenters. The van der Waals surface area contributed by atoms with Crippen LogP contribution in [0.2, 0.25) is 0 Å². The number of hydrogen-bond acceptors (Lipinski definition) is 6. The summed E-state index contributed by atoms with van der Waals surface area (Å²) < 4.78 is 10.3. The fourth-order valence-corrected chi connectivity index (χ4v) is 1.67. The second kappa shape index (κ2) is 8.60. The first-order valence-electron chi connectivity index (χ1n) is 7.21. The molecule has 0 radical (unpaired) electrons. The number of carbonyl (C=O) groups is 1. The van der Waals surface area contributed by atoms with Crippen molar-refractivity contribution in [1.29, 1.82) is 10.5 Å². The summed E-state index contributed by atoms with van der Waals surface area (Å²) in [5.41, 5.74) is -0.237. The number of nitrogens with zero attached hydrogens (tertiary/aromatic N) is 3. The second-order valence-corrected chi connectivity index (χ2v) is 5.72. The van der Waals surface area contributed by atoms with Crippen molar-refractivity contribution in [1.82, 2.24) is 5.32 Å². The van der Waals surface area contributed by atoms with Crippen molar-refractivity contribution in [3.63, 3.8) is 0 Å². The molecule has 0 aromatic carbocycles. The van der Waals surface area contributed by atoms with E-state index in [-0.39, 0.29) is 0 Å². The normalized spacial score (nSPS) is 11.7. The molecule has 0 bridgehead atoms. The Labute approximate surface area is 135 Å². The second-order valence-electron chi connectivity index (χ2n) is 5.72. The minimum absolute atomic E-state index is 0.303. The van der Waals surface area contributed by atoms with Crippen molar-refractivity contribution in [2.75, 3.05) is 13.1 Å². The Morgan fingerprint density at radius 1 is 1.43 bits per heavy atom. The number of carbonyl (C=O) groups excluding carboxylic acids is 1. The van der Waals surface area contributed by atoms with Crippen LogP contribution in [0.3, 0.4) is 0 Å². The average Bonchev–Trinajstić information content (AvgIpc) is 2.98. The molecule has 0 aliphatic carbocycles. The first kappa shape index (κ1) is 18.2. The first-order chi connectivity index (χ1) is 10.9. The highest BCUT2D eigenvalue weighted by Gasteiger charge is 2.19. The van der Waals surface area contributed by atoms with Gasteiger partial charge in [-0.1, -0.05) is 0 Å². The van der Waals surface area contributed by atoms with E-state index in [4.69, 9.17) is 19.7 Å². The predicted octanol–water partition coefficient (Wildman–Crippen LogP) is 2.65. The lowest BCUT2D eigenvalue weighted by molar-refractivity contribution is 0.0527. The van der Waals surface area contributed by atoms with Crippen molar-refractivity contribution >= 4 is 11.8 Å². The number of furan rings is 1. The zero-order valence-corrected chi connectivity index (χ0v) is 13.5. The van der Waals surface area contributed by atoms with Gasteiger partial charge >= 0.3 is 6.09 Å². The number of alkyl carbamates (subject to hydrolysis) is 1. The summed E-state index contributed by atoms with van der Waals surface area (Å²) in [5.74, 6) is -0.585. The lowest BCUT2D eigenvalue weighted by Crippen LogP contribution is -2.33. The van der Waals surface area contributed by atoms with Gasteiger partial charge in [0.15, 0.2) is 5.92 Å². The van der Waals surface area contributed by atoms with E-state index in [1.165, 1.54) is 6.26 Å². The maximum absolute atomic E-state index is 11.5. The van der Waals surface area contributed by atoms with Gasteiger partial charge in [-0.2, -0.15) is 10.5 Å². The monoisotopic (exact) mass is 316 g/mol. The molecule has 1 aromatic heterocycles. The molecule has 0 fully saturated rings. The molecule has 122 valence electrons. The van der Waals surface area contributed by atoms with Crippen LogP contribution in [0.15, 0.2) is 27.8 Å². The van der Waals surface area contributed by atoms with Crippen molar-refractivity contribution in [2.24, 2.45) is 10.9 Å². The Bertz CT molecular complexity index is 601. The molecule has 0 saturated carbocycles. The van der Waals surface area contributed by atoms with Gasteiger partial charge in [0.25, 0.3) is 0 Å². The quantitative estimate of drug-likeness (QED) is 0.640. The molecule has 7 nitrogen and oxygen atoms in total. The van der Waals surface area contributed by atoms with Crippen molar-refractivity contribution < 1.29 is 13.9 Å². The number of nitriles is 2. The zero-order valence-electron chi connectivity index (χ0n) is 13.5. The average molecular weight is 316 g/mol. The van der Waals surface area contributed by atoms with Crippen LogP contribution in [0, 0.1) is 28.6 Å². The van der Waals surface area contributed by atoms with Gasteiger partial charge in [-0.3, -0.25) is 4.99 Å². The van der Waals surface area contributed by atoms with Gasteiger partial charge < -0.3 is 14.5 Å². The summed E-state index contributed by atoms with van der Waals surface area (Å²) in [7, 11) is 0. The molecule has 0 aliphatic heterocycles. The van der Waals surface area contributed by atoms with E-state index < -0.39 is 17.6 Å². The van der Waals surface area contributed by atoms with Gasteiger partial charge in [0.05, 0.1) is 18.4 Å². The van der Waals surface area contributed by atoms with Gasteiger partial charge in [-0.25, -0.2) is 4.79 Å². The van der Waals surface area contributed by atoms with E-state index in [0.29, 0.717) is 31.0 Å². The summed E-state index contributed by atoms with van der Waals surface area (Å²) in [6.45, 7) is 6.10. The molecule has 0 unspecified atom stereocenters. The van der Waals surface area contributed by atoms with Crippen LogP contribution in [0.4, 0.5) is 4.79 Å². The van der Waals surface area contributed by atoms with E-state index in [1.807, 2.05) is 12.1 Å². The zero-order chi connectivity index (χ0) is 17.3. The molecular formula is C16H20N4O3. The third-order valence-corrected chi connectivity index (χ3v) is 2.59. The lowest BCUT2D eigenvalue weighted by atomic mass is 10.0. The van der Waals surface area contributed by atoms with Gasteiger partial charge in [-0.05, 0) is 39.3 Å². The third kappa shape index (κ3) is 6.66. The lowest BCUT2D eigenvalue weighted by Gasteiger charge is -2.19. The number of aliphatic imine (C=N–C) groups is 1. The Morgan fingerprint density at radius 2 is 2.13 bits per heavy atom. The van der Waals surface area contributed by atoms with Crippen LogP contribution in [0.5, 0.6) is 0 Å². The number of amides is 1. The fourth-order valence-electron chi connectivity index (χ4n) is 1.67. The molecule has 1 heterocycles. The van der Waals surface area contributed by atoms with E-state index in [2.05, 4.69) is 10.3 Å². The topological polar surface area (TPSA) is 111 Å². The number of nitrogens with one attached hydrogen (secondary N) is 1. The highest BCUT2D eigenvalue weighted by atomic mass is 16.6. The Balaban J connectivity index is 2.52. The maximum atomic E-state index is 11.5. The minimum Gasteiger partial charge on any atom is -0.463 e. The molecule has 1 rings (SSSR count). The first-order valence-corrected chi connectivity index (χ1v) is 7.21. The summed E-state index contributed by atoms with van der Waals surface area (Å²) in [4.78, 5) is 15.7. The van der Waals surface area contributed by atoms with Gasteiger partial charge in [-0.15, -0.1) is 0 Å². The predicted molar refractivity (Wildman–Crippen MR) is 83.7 cm³/mol. The molecule has 1 N–H and O–H groups in total. The number of ether oxygens (including phenoxy) is 1. The van der Waals surface area contributed by atoms with Crippen LogP contribution < -0.4 is 5.32 Å². The Hall–Kier alpha value is -2.80. The van der Waals surface area contributed by atoms with Crippen LogP contribution in [-0.4, -0.2) is 30.5 Å². The molecule has 1 aromatic rings. The summed E-state index contributed by atoms with van der Waals surface area (Å²) in [5, 5.41) is 20.6. The standard InChI is InChI=1S/C16H20N4O3/c1-16(2,3)23-15(21)20-8-5-7-19-14(12(10-17)11-18)13-6-4-9-22-13/h4,6,9,12H,5,7-8H2,1-3H3,(H,20,21). The highest BCUT2D eigenvalue weighted by Crippen LogP contribution is 2.11. The van der Waals surface area contributed by atoms with Crippen LogP contribution in [-0.2, 0) is 4.74 Å². The Kier molecular flexibility index (Phi) is 6.82. The highest BCUT2D eigenvalue weighted by molar-refractivity contribution is 6.03. The van der Waals surface area contributed by atoms with Crippen molar-refractivity contribution in [2.45, 2.75) is 32.8 Å². The summed E-state index contributed by atoms with van der Waals surface area (Å²) in [6, 6.07) is 7.09. The maximum Gasteiger partial charge on any atom is 0.407 e. The van der Waals surface area contributed by atoms with Gasteiger partial charge in [0.1, 0.15) is 17.1 Å². The van der Waals surface area contributed by atoms with E-state index >= 15 is 0 Å². The molecule has 0 saturated heterocycles. The molecule has 1 amide bonds. The molecular weight excluding hydrogens is 296 g/mol. The SMILES string of the molecule is CC(C)(C)OC(=O)NCCCN=C(c1ccco1)C(C#N)C#N. The summed E-state index contributed by atoms with van der Waals surface area (Å²) >= 11 is 0.